The number of nitrogen functional groups attached to an aromatic ring is 1. The van der Waals surface area contributed by atoms with Gasteiger partial charge in [-0.15, -0.1) is 0 Å². The molecule has 6 nitrogen and oxygen atoms in total. The fraction of sp³-hybridized carbons (Fsp3) is 0.294. The number of amides is 1. The highest BCUT2D eigenvalue weighted by Gasteiger charge is 2.12. The van der Waals surface area contributed by atoms with Crippen molar-refractivity contribution in [2.75, 3.05) is 18.0 Å². The van der Waals surface area contributed by atoms with Gasteiger partial charge in [-0.1, -0.05) is 23.9 Å². The standard InChI is InChI=1S/C17H19FN4O2S/c1-10-7-16(19)22-17(21-10)25-9-15(24)13-4-3-12(14(18)8-13)5-6-20-11(2)23/h3-4,7-8H,5-6,9H2,1-2H3,(H,20,23)(H2,19,21,22). The molecular formula is C17H19FN4O2S. The van der Waals surface area contributed by atoms with Crippen LogP contribution in [0.3, 0.4) is 0 Å². The predicted octanol–water partition coefficient (Wildman–Crippen LogP) is 2.16. The Balaban J connectivity index is 1.97. The quantitative estimate of drug-likeness (QED) is 0.445. The van der Waals surface area contributed by atoms with Gasteiger partial charge in [0.25, 0.3) is 0 Å². The molecule has 0 radical (unpaired) electrons. The third kappa shape index (κ3) is 5.82. The first-order valence-electron chi connectivity index (χ1n) is 7.65. The molecule has 0 saturated heterocycles. The number of aromatic nitrogens is 2. The molecule has 8 heteroatoms. The molecule has 0 bridgehead atoms. The zero-order valence-electron chi connectivity index (χ0n) is 14.0. The van der Waals surface area contributed by atoms with Gasteiger partial charge < -0.3 is 11.1 Å². The summed E-state index contributed by atoms with van der Waals surface area (Å²) >= 11 is 1.16. The average molecular weight is 362 g/mol. The van der Waals surface area contributed by atoms with E-state index in [1.165, 1.54) is 13.0 Å². The van der Waals surface area contributed by atoms with E-state index < -0.39 is 5.82 Å². The van der Waals surface area contributed by atoms with Crippen molar-refractivity contribution in [3.63, 3.8) is 0 Å². The maximum absolute atomic E-state index is 14.1. The van der Waals surface area contributed by atoms with Crippen LogP contribution >= 0.6 is 11.8 Å². The summed E-state index contributed by atoms with van der Waals surface area (Å²) in [5, 5.41) is 3.02. The van der Waals surface area contributed by atoms with Crippen LogP contribution in [0.25, 0.3) is 0 Å². The molecule has 1 heterocycles. The van der Waals surface area contributed by atoms with Crippen LogP contribution < -0.4 is 11.1 Å². The molecule has 0 aliphatic heterocycles. The lowest BCUT2D eigenvalue weighted by Crippen LogP contribution is -2.22. The lowest BCUT2D eigenvalue weighted by Gasteiger charge is -2.07. The molecule has 1 amide bonds. The molecule has 0 spiro atoms. The van der Waals surface area contributed by atoms with Crippen LogP contribution in [-0.4, -0.2) is 34.0 Å². The fourth-order valence-corrected chi connectivity index (χ4v) is 2.94. The van der Waals surface area contributed by atoms with Gasteiger partial charge in [-0.05, 0) is 25.0 Å². The van der Waals surface area contributed by atoms with E-state index in [1.807, 2.05) is 0 Å². The summed E-state index contributed by atoms with van der Waals surface area (Å²) in [7, 11) is 0. The molecule has 2 aromatic rings. The molecule has 132 valence electrons. The van der Waals surface area contributed by atoms with Crippen molar-refractivity contribution in [1.82, 2.24) is 15.3 Å². The van der Waals surface area contributed by atoms with Crippen LogP contribution in [0.2, 0.25) is 0 Å². The number of ketones is 1. The van der Waals surface area contributed by atoms with E-state index in [4.69, 9.17) is 5.73 Å². The van der Waals surface area contributed by atoms with Gasteiger partial charge in [0, 0.05) is 30.8 Å². The SMILES string of the molecule is CC(=O)NCCc1ccc(C(=O)CSc2nc(C)cc(N)n2)cc1F. The molecule has 0 atom stereocenters. The van der Waals surface area contributed by atoms with Crippen LogP contribution in [0, 0.1) is 12.7 Å². The van der Waals surface area contributed by atoms with Crippen LogP contribution in [0.4, 0.5) is 10.2 Å². The van der Waals surface area contributed by atoms with E-state index in [9.17, 15) is 14.0 Å². The summed E-state index contributed by atoms with van der Waals surface area (Å²) < 4.78 is 14.1. The van der Waals surface area contributed by atoms with Gasteiger partial charge in [-0.2, -0.15) is 0 Å². The van der Waals surface area contributed by atoms with Crippen molar-refractivity contribution in [2.24, 2.45) is 0 Å². The summed E-state index contributed by atoms with van der Waals surface area (Å²) in [5.74, 6) is -0.411. The van der Waals surface area contributed by atoms with E-state index >= 15 is 0 Å². The molecular weight excluding hydrogens is 343 g/mol. The third-order valence-electron chi connectivity index (χ3n) is 3.33. The number of nitrogens with two attached hydrogens (primary N) is 1. The van der Waals surface area contributed by atoms with Crippen LogP contribution in [-0.2, 0) is 11.2 Å². The average Bonchev–Trinajstić information content (AvgIpc) is 2.53. The Morgan fingerprint density at radius 2 is 2.04 bits per heavy atom. The van der Waals surface area contributed by atoms with E-state index in [1.54, 1.807) is 25.1 Å². The van der Waals surface area contributed by atoms with Crippen LogP contribution in [0.5, 0.6) is 0 Å². The van der Waals surface area contributed by atoms with Gasteiger partial charge in [-0.3, -0.25) is 9.59 Å². The van der Waals surface area contributed by atoms with E-state index in [0.717, 1.165) is 17.5 Å². The summed E-state index contributed by atoms with van der Waals surface area (Å²) in [6, 6.07) is 6.01. The molecule has 0 aliphatic rings. The fourth-order valence-electron chi connectivity index (χ4n) is 2.14. The number of rotatable bonds is 7. The van der Waals surface area contributed by atoms with Crippen molar-refractivity contribution in [3.05, 3.63) is 46.9 Å². The number of hydrogen-bond donors (Lipinski definition) is 2. The third-order valence-corrected chi connectivity index (χ3v) is 4.18. The number of hydrogen-bond acceptors (Lipinski definition) is 6. The van der Waals surface area contributed by atoms with Crippen molar-refractivity contribution in [3.8, 4) is 0 Å². The van der Waals surface area contributed by atoms with Gasteiger partial charge in [0.05, 0.1) is 5.75 Å². The molecule has 1 aromatic carbocycles. The molecule has 2 rings (SSSR count). The van der Waals surface area contributed by atoms with Gasteiger partial charge >= 0.3 is 0 Å². The smallest absolute Gasteiger partial charge is 0.216 e. The zero-order chi connectivity index (χ0) is 18.4. The highest BCUT2D eigenvalue weighted by atomic mass is 32.2. The number of aryl methyl sites for hydroxylation is 1. The number of halogens is 1. The minimum absolute atomic E-state index is 0.0908. The molecule has 3 N–H and O–H groups in total. The number of anilines is 1. The van der Waals surface area contributed by atoms with Gasteiger partial charge in [-0.25, -0.2) is 14.4 Å². The Labute approximate surface area is 149 Å². The molecule has 0 unspecified atom stereocenters. The lowest BCUT2D eigenvalue weighted by molar-refractivity contribution is -0.118. The highest BCUT2D eigenvalue weighted by molar-refractivity contribution is 7.99. The Morgan fingerprint density at radius 1 is 1.28 bits per heavy atom. The molecule has 0 aliphatic carbocycles. The van der Waals surface area contributed by atoms with Crippen molar-refractivity contribution in [1.29, 1.82) is 0 Å². The summed E-state index contributed by atoms with van der Waals surface area (Å²) in [6.07, 6.45) is 0.366. The number of nitrogens with zero attached hydrogens (tertiary/aromatic N) is 2. The van der Waals surface area contributed by atoms with Gasteiger partial charge in [0.15, 0.2) is 10.9 Å². The summed E-state index contributed by atoms with van der Waals surface area (Å²) in [5.41, 5.74) is 7.10. The number of benzene rings is 1. The molecule has 0 saturated carbocycles. The second-order valence-electron chi connectivity index (χ2n) is 5.47. The number of nitrogens with one attached hydrogen (secondary N) is 1. The normalized spacial score (nSPS) is 10.5. The predicted molar refractivity (Wildman–Crippen MR) is 95.0 cm³/mol. The summed E-state index contributed by atoms with van der Waals surface area (Å²) in [4.78, 5) is 31.3. The molecule has 0 fully saturated rings. The maximum Gasteiger partial charge on any atom is 0.216 e. The topological polar surface area (TPSA) is 98.0 Å². The van der Waals surface area contributed by atoms with Crippen molar-refractivity contribution >= 4 is 29.3 Å². The number of thioether (sulfide) groups is 1. The van der Waals surface area contributed by atoms with Gasteiger partial charge in [0.1, 0.15) is 11.6 Å². The maximum atomic E-state index is 14.1. The van der Waals surface area contributed by atoms with E-state index in [0.29, 0.717) is 29.5 Å². The zero-order valence-corrected chi connectivity index (χ0v) is 14.8. The Bertz CT molecular complexity index is 778. The monoisotopic (exact) mass is 362 g/mol. The lowest BCUT2D eigenvalue weighted by atomic mass is 10.1. The number of carbonyl (C=O) groups is 2. The summed E-state index contributed by atoms with van der Waals surface area (Å²) in [6.45, 7) is 3.54. The Kier molecular flexibility index (Phi) is 6.46. The largest absolute Gasteiger partial charge is 0.384 e. The molecule has 1 aromatic heterocycles. The van der Waals surface area contributed by atoms with E-state index in [-0.39, 0.29) is 23.0 Å². The Morgan fingerprint density at radius 3 is 2.68 bits per heavy atom. The first-order valence-corrected chi connectivity index (χ1v) is 8.63. The van der Waals surface area contributed by atoms with Crippen LogP contribution in [0.1, 0.15) is 28.5 Å². The van der Waals surface area contributed by atoms with Crippen molar-refractivity contribution < 1.29 is 14.0 Å². The van der Waals surface area contributed by atoms with Crippen molar-refractivity contribution in [2.45, 2.75) is 25.4 Å². The molecule has 25 heavy (non-hydrogen) atoms. The first kappa shape index (κ1) is 18.9. The highest BCUT2D eigenvalue weighted by Crippen LogP contribution is 2.18. The van der Waals surface area contributed by atoms with Gasteiger partial charge in [0.2, 0.25) is 5.91 Å². The minimum Gasteiger partial charge on any atom is -0.384 e. The first-order chi connectivity index (χ1) is 11.8. The Hall–Kier alpha value is -2.48. The second-order valence-corrected chi connectivity index (χ2v) is 6.41. The number of Topliss-reactive ketones (excluding diaryl/α,β-unsaturated/α-hetero) is 1. The number of carbonyl (C=O) groups excluding carboxylic acids is 2. The van der Waals surface area contributed by atoms with Crippen LogP contribution in [0.15, 0.2) is 29.4 Å². The van der Waals surface area contributed by atoms with E-state index in [2.05, 4.69) is 15.3 Å². The second kappa shape index (κ2) is 8.57. The minimum atomic E-state index is -0.461.